The lowest BCUT2D eigenvalue weighted by atomic mass is 10.0. The van der Waals surface area contributed by atoms with Crippen molar-refractivity contribution in [3.63, 3.8) is 0 Å². The monoisotopic (exact) mass is 585 g/mol. The molecule has 0 saturated carbocycles. The molecule has 0 amide bonds. The molecule has 0 saturated heterocycles. The second-order valence-corrected chi connectivity index (χ2v) is 10.6. The third-order valence-corrected chi connectivity index (χ3v) is 7.08. The number of halogens is 2. The van der Waals surface area contributed by atoms with Gasteiger partial charge in [0.15, 0.2) is 11.8 Å². The van der Waals surface area contributed by atoms with Gasteiger partial charge in [0.1, 0.15) is 5.49 Å². The van der Waals surface area contributed by atoms with Crippen LogP contribution >= 0.6 is 11.6 Å². The molecule has 0 radical (unpaired) electrons. The molecule has 1 aromatic heterocycles. The molecule has 0 bridgehead atoms. The molecule has 1 unspecified atom stereocenters. The first-order valence-corrected chi connectivity index (χ1v) is 13.9. The lowest BCUT2D eigenvalue weighted by Crippen LogP contribution is -2.41. The highest BCUT2D eigenvalue weighted by atomic mass is 35.5. The highest BCUT2D eigenvalue weighted by Crippen LogP contribution is 2.29. The van der Waals surface area contributed by atoms with Crippen molar-refractivity contribution in [1.82, 2.24) is 10.3 Å². The molecule has 2 heterocycles. The van der Waals surface area contributed by atoms with Crippen LogP contribution in [0.15, 0.2) is 47.5 Å². The Hall–Kier alpha value is -3.48. The highest BCUT2D eigenvalue weighted by Gasteiger charge is 2.20. The molecular weight excluding hydrogens is 549 g/mol. The number of nitrogens with two attached hydrogens (primary N) is 2. The van der Waals surface area contributed by atoms with Crippen molar-refractivity contribution >= 4 is 29.4 Å². The second-order valence-electron chi connectivity index (χ2n) is 10.2. The van der Waals surface area contributed by atoms with E-state index in [2.05, 4.69) is 15.3 Å². The van der Waals surface area contributed by atoms with Crippen molar-refractivity contribution in [3.8, 4) is 11.3 Å². The van der Waals surface area contributed by atoms with E-state index in [4.69, 9.17) is 33.2 Å². The van der Waals surface area contributed by atoms with E-state index in [0.29, 0.717) is 40.6 Å². The maximum Gasteiger partial charge on any atom is 0.231 e. The van der Waals surface area contributed by atoms with Crippen LogP contribution in [0.25, 0.3) is 17.5 Å². The molecule has 220 valence electrons. The average Bonchev–Trinajstić information content (AvgIpc) is 3.34. The van der Waals surface area contributed by atoms with Gasteiger partial charge in [0.05, 0.1) is 30.0 Å². The molecule has 0 spiro atoms. The summed E-state index contributed by atoms with van der Waals surface area (Å²) >= 11 is 6.23. The number of anilines is 1. The Morgan fingerprint density at radius 3 is 2.68 bits per heavy atom. The highest BCUT2D eigenvalue weighted by molar-refractivity contribution is 6.31. The number of aromatic amines is 1. The lowest BCUT2D eigenvalue weighted by Gasteiger charge is -2.25. The summed E-state index contributed by atoms with van der Waals surface area (Å²) in [5, 5.41) is 30.9. The summed E-state index contributed by atoms with van der Waals surface area (Å²) in [6, 6.07) is 12.7. The van der Waals surface area contributed by atoms with E-state index >= 15 is 4.39 Å². The minimum atomic E-state index is -1.18. The summed E-state index contributed by atoms with van der Waals surface area (Å²) in [6.07, 6.45) is 3.15. The van der Waals surface area contributed by atoms with Gasteiger partial charge in [0.25, 0.3) is 0 Å². The van der Waals surface area contributed by atoms with Crippen LogP contribution in [0.3, 0.4) is 0 Å². The molecule has 41 heavy (non-hydrogen) atoms. The van der Waals surface area contributed by atoms with E-state index in [1.807, 2.05) is 31.2 Å². The maximum absolute atomic E-state index is 15.1. The van der Waals surface area contributed by atoms with E-state index in [9.17, 15) is 10.2 Å². The van der Waals surface area contributed by atoms with Gasteiger partial charge in [0, 0.05) is 35.3 Å². The van der Waals surface area contributed by atoms with Crippen LogP contribution in [0.2, 0.25) is 5.02 Å². The van der Waals surface area contributed by atoms with E-state index in [1.54, 1.807) is 29.3 Å². The molecule has 1 aliphatic heterocycles. The predicted molar refractivity (Wildman–Crippen MR) is 158 cm³/mol. The number of hydrogen-bond donors (Lipinski definition) is 7. The topological polar surface area (TPSA) is 169 Å². The number of H-pyrrole nitrogens is 1. The van der Waals surface area contributed by atoms with Crippen LogP contribution in [0.4, 0.5) is 10.1 Å². The van der Waals surface area contributed by atoms with Crippen molar-refractivity contribution in [2.24, 2.45) is 16.5 Å². The number of aliphatic hydroxyl groups is 2. The fourth-order valence-corrected chi connectivity index (χ4v) is 4.84. The predicted octanol–water partition coefficient (Wildman–Crippen LogP) is 2.05. The van der Waals surface area contributed by atoms with Crippen molar-refractivity contribution in [3.05, 3.63) is 75.1 Å². The molecule has 2 aromatic carbocycles. The quantitative estimate of drug-likeness (QED) is 0.119. The number of nitrogens with zero attached hydrogens (tertiary/aromatic N) is 2. The zero-order valence-corrected chi connectivity index (χ0v) is 23.7. The Balaban J connectivity index is 1.48. The van der Waals surface area contributed by atoms with Crippen LogP contribution in [0.5, 0.6) is 0 Å². The molecule has 9 N–H and O–H groups in total. The molecule has 12 heteroatoms. The van der Waals surface area contributed by atoms with Gasteiger partial charge in [-0.05, 0) is 74.1 Å². The Morgan fingerprint density at radius 2 is 2.00 bits per heavy atom. The molecule has 1 aliphatic rings. The van der Waals surface area contributed by atoms with E-state index in [0.717, 1.165) is 30.4 Å². The van der Waals surface area contributed by atoms with Crippen molar-refractivity contribution in [2.45, 2.75) is 57.7 Å². The number of rotatable bonds is 13. The summed E-state index contributed by atoms with van der Waals surface area (Å²) in [5.74, 6) is -0.645. The van der Waals surface area contributed by atoms with Gasteiger partial charge < -0.3 is 41.6 Å². The lowest BCUT2D eigenvalue weighted by molar-refractivity contribution is -0.00120. The summed E-state index contributed by atoms with van der Waals surface area (Å²) in [4.78, 5) is 9.10. The zero-order chi connectivity index (χ0) is 29.5. The van der Waals surface area contributed by atoms with Crippen LogP contribution < -0.4 is 32.4 Å². The molecule has 4 rings (SSSR count). The number of aliphatic hydroxyl groups excluding tert-OH is 2. The maximum atomic E-state index is 15.1. The molecule has 0 fully saturated rings. The normalized spacial score (nSPS) is 16.0. The van der Waals surface area contributed by atoms with E-state index in [1.165, 1.54) is 0 Å². The fourth-order valence-electron chi connectivity index (χ4n) is 4.60. The molecule has 10 nitrogen and oxygen atoms in total. The number of aromatic nitrogens is 1. The first-order chi connectivity index (χ1) is 19.6. The third-order valence-electron chi connectivity index (χ3n) is 6.81. The summed E-state index contributed by atoms with van der Waals surface area (Å²) < 4.78 is 20.8. The Morgan fingerprint density at radius 1 is 1.24 bits per heavy atom. The van der Waals surface area contributed by atoms with Gasteiger partial charge in [-0.3, -0.25) is 5.41 Å². The minimum Gasteiger partial charge on any atom is -0.394 e. The molecule has 3 aromatic rings. The van der Waals surface area contributed by atoms with Crippen LogP contribution in [0.1, 0.15) is 37.3 Å². The van der Waals surface area contributed by atoms with Crippen LogP contribution in [-0.4, -0.2) is 52.8 Å². The summed E-state index contributed by atoms with van der Waals surface area (Å²) in [7, 11) is 0. The SMILES string of the molecule is C[C@H](N)CCCc1cc(Cl)c(F)c(-c2cc3c([nH]2)=NC(O)N(c2ccc(CO[C@H](CO)CCNC(=N)N)cc2)C=3)c1. The second kappa shape index (κ2) is 13.9. The Bertz CT molecular complexity index is 1460. The number of nitrogens with one attached hydrogen (secondary N) is 3. The standard InChI is InChI=1S/C29H37ClFN7O3/c1-17(32)3-2-4-19-11-23(26(31)24(30)12-19)25-13-20-14-38(29(40)37-27(20)36-25)21-7-5-18(6-8-21)16-41-22(15-39)9-10-35-28(33)34/h5-8,11-14,17,22,29,39-40H,2-4,9-10,15-16,32H2,1H3,(H,36,37)(H4,33,34,35)/t17-,22-,29?/m0/s1. The smallest absolute Gasteiger partial charge is 0.231 e. The third kappa shape index (κ3) is 8.05. The summed E-state index contributed by atoms with van der Waals surface area (Å²) in [6.45, 7) is 2.52. The van der Waals surface area contributed by atoms with E-state index < -0.39 is 18.3 Å². The number of ether oxygens (including phenoxy) is 1. The van der Waals surface area contributed by atoms with Gasteiger partial charge in [0.2, 0.25) is 6.35 Å². The largest absolute Gasteiger partial charge is 0.394 e. The average molecular weight is 586 g/mol. The first kappa shape index (κ1) is 30.5. The molecular formula is C29H37ClFN7O3. The van der Waals surface area contributed by atoms with Gasteiger partial charge in [-0.25, -0.2) is 9.38 Å². The van der Waals surface area contributed by atoms with Gasteiger partial charge >= 0.3 is 0 Å². The number of hydrogen-bond acceptors (Lipinski definition) is 7. The molecule has 3 atom stereocenters. The Labute approximate surface area is 243 Å². The minimum absolute atomic E-state index is 0.0514. The van der Waals surface area contributed by atoms with Crippen LogP contribution in [-0.2, 0) is 17.8 Å². The Kier molecular flexibility index (Phi) is 10.4. The number of guanidine groups is 1. The van der Waals surface area contributed by atoms with Gasteiger partial charge in [-0.15, -0.1) is 0 Å². The van der Waals surface area contributed by atoms with Crippen LogP contribution in [0, 0.1) is 11.2 Å². The summed E-state index contributed by atoms with van der Waals surface area (Å²) in [5.41, 5.74) is 14.9. The number of aryl methyl sites for hydroxylation is 1. The van der Waals surface area contributed by atoms with Crippen molar-refractivity contribution in [2.75, 3.05) is 18.1 Å². The fraction of sp³-hybridized carbons (Fsp3) is 0.379. The van der Waals surface area contributed by atoms with Crippen molar-refractivity contribution < 1.29 is 19.3 Å². The zero-order valence-electron chi connectivity index (χ0n) is 22.9. The van der Waals surface area contributed by atoms with Crippen molar-refractivity contribution in [1.29, 1.82) is 5.41 Å². The van der Waals surface area contributed by atoms with E-state index in [-0.39, 0.29) is 30.2 Å². The molecule has 0 aliphatic carbocycles. The number of fused-ring (bicyclic) bond motifs is 1. The first-order valence-electron chi connectivity index (χ1n) is 13.5. The number of benzene rings is 2. The van der Waals surface area contributed by atoms with Gasteiger partial charge in [-0.1, -0.05) is 23.7 Å². The van der Waals surface area contributed by atoms with Gasteiger partial charge in [-0.2, -0.15) is 0 Å².